The summed E-state index contributed by atoms with van der Waals surface area (Å²) in [5, 5.41) is 9.63. The number of allylic oxidation sites excluding steroid dienone is 2. The maximum atomic E-state index is 13.2. The number of amides is 4. The van der Waals surface area contributed by atoms with E-state index in [0.717, 1.165) is 74.6 Å². The first-order chi connectivity index (χ1) is 30.7. The number of nitrogens with one attached hydrogen (secondary N) is 3. The number of nitrogens with zero attached hydrogens (tertiary/aromatic N) is 2. The smallest absolute Gasteiger partial charge is 0.258 e. The van der Waals surface area contributed by atoms with Crippen molar-refractivity contribution in [2.45, 2.75) is 95.9 Å². The highest BCUT2D eigenvalue weighted by atomic mass is 16.5. The lowest BCUT2D eigenvalue weighted by Crippen LogP contribution is -2.46. The largest absolute Gasteiger partial charge is 0.483 e. The predicted molar refractivity (Wildman–Crippen MR) is 243 cm³/mol. The first-order valence-electron chi connectivity index (χ1n) is 22.8. The number of hydrogen-bond donors (Lipinski definition) is 3. The lowest BCUT2D eigenvalue weighted by Gasteiger charge is -2.33. The van der Waals surface area contributed by atoms with Crippen LogP contribution in [0, 0.1) is 11.8 Å². The Bertz CT molecular complexity index is 2260. The van der Waals surface area contributed by atoms with Crippen molar-refractivity contribution in [1.82, 2.24) is 20.2 Å². The summed E-state index contributed by atoms with van der Waals surface area (Å²) < 4.78 is 24.7. The van der Waals surface area contributed by atoms with Crippen LogP contribution < -0.4 is 26.6 Å². The van der Waals surface area contributed by atoms with E-state index in [-0.39, 0.29) is 42.6 Å². The highest BCUT2D eigenvalue weighted by Crippen LogP contribution is 2.41. The summed E-state index contributed by atoms with van der Waals surface area (Å²) in [6.45, 7) is 13.4. The molecule has 3 aliphatic carbocycles. The number of carbonyl (C=O) groups excluding carboxylic acids is 4. The third-order valence-corrected chi connectivity index (χ3v) is 12.9. The van der Waals surface area contributed by atoms with Gasteiger partial charge in [-0.15, -0.1) is 0 Å². The number of pyridine rings is 1. The van der Waals surface area contributed by atoms with E-state index in [1.54, 1.807) is 4.57 Å². The fourth-order valence-corrected chi connectivity index (χ4v) is 9.43. The van der Waals surface area contributed by atoms with Gasteiger partial charge in [0.1, 0.15) is 11.8 Å². The lowest BCUT2D eigenvalue weighted by atomic mass is 9.73. The molecule has 13 heteroatoms. The zero-order chi connectivity index (χ0) is 44.1. The van der Waals surface area contributed by atoms with E-state index in [0.29, 0.717) is 87.3 Å². The van der Waals surface area contributed by atoms with Crippen LogP contribution in [0.1, 0.15) is 110 Å². The quantitative estimate of drug-likeness (QED) is 0.0956. The van der Waals surface area contributed by atoms with Gasteiger partial charge < -0.3 is 34.1 Å². The summed E-state index contributed by atoms with van der Waals surface area (Å²) in [7, 11) is 0. The number of benzene rings is 1. The molecule has 336 valence electrons. The van der Waals surface area contributed by atoms with Gasteiger partial charge >= 0.3 is 0 Å². The van der Waals surface area contributed by atoms with Crippen LogP contribution >= 0.6 is 0 Å². The minimum atomic E-state index is -0.564. The molecule has 2 aromatic heterocycles. The molecule has 1 saturated heterocycles. The van der Waals surface area contributed by atoms with Crippen LogP contribution in [0.2, 0.25) is 0 Å². The van der Waals surface area contributed by atoms with Crippen LogP contribution in [-0.4, -0.2) is 86.0 Å². The van der Waals surface area contributed by atoms with Gasteiger partial charge in [0.2, 0.25) is 17.7 Å². The van der Waals surface area contributed by atoms with E-state index in [1.807, 2.05) is 24.4 Å². The number of rotatable bonds is 21. The zero-order valence-corrected chi connectivity index (χ0v) is 36.7. The first-order valence-corrected chi connectivity index (χ1v) is 22.8. The van der Waals surface area contributed by atoms with E-state index in [1.165, 1.54) is 22.4 Å². The van der Waals surface area contributed by atoms with Gasteiger partial charge in [0.15, 0.2) is 6.61 Å². The zero-order valence-electron chi connectivity index (χ0n) is 36.7. The Labute approximate surface area is 370 Å². The van der Waals surface area contributed by atoms with E-state index in [2.05, 4.69) is 71.4 Å². The maximum Gasteiger partial charge on any atom is 0.258 e. The first kappa shape index (κ1) is 45.6. The SMILES string of the molecule is C=c1c2c(c(=C)n1C1CCC(=O)NC1=O)C(OCC(=O)NCCOCCOCCOCCCc1ccc(NC(=O)C(C)C3CCC(c4ccnc5c4C=CCC5)CC3)cc1)=CCC2. The molecule has 1 aliphatic heterocycles. The van der Waals surface area contributed by atoms with Gasteiger partial charge in [-0.05, 0) is 129 Å². The minimum Gasteiger partial charge on any atom is -0.483 e. The second-order valence-corrected chi connectivity index (χ2v) is 17.1. The van der Waals surface area contributed by atoms with Crippen molar-refractivity contribution in [1.29, 1.82) is 0 Å². The number of carbonyl (C=O) groups is 4. The summed E-state index contributed by atoms with van der Waals surface area (Å²) >= 11 is 0. The number of hydrogen-bond acceptors (Lipinski definition) is 9. The molecule has 4 aliphatic rings. The summed E-state index contributed by atoms with van der Waals surface area (Å²) in [4.78, 5) is 54.6. The molecule has 2 unspecified atom stereocenters. The second kappa shape index (κ2) is 22.3. The standard InChI is InChI=1S/C50H63N5O8/c1-33(37-15-17-38(18-16-37)41-23-24-51-43-11-5-4-9-42(41)43)49(58)53-39-19-13-36(14-20-39)8-7-26-60-28-30-62-31-29-61-27-25-52-47(57)32-63-45-12-6-10-40-34(2)55(35(3)48(40)45)44-21-22-46(56)54-50(44)59/h4,9,12-14,19-20,23-24,33,37-38,44H,2-3,5-8,10-11,15-18,21-22,25-32H2,1H3,(H,52,57)(H,53,58)(H,54,56,59). The number of imide groups is 1. The van der Waals surface area contributed by atoms with Crippen LogP contribution in [0.25, 0.3) is 25.0 Å². The molecule has 0 spiro atoms. The van der Waals surface area contributed by atoms with Crippen molar-refractivity contribution in [3.63, 3.8) is 0 Å². The van der Waals surface area contributed by atoms with Crippen molar-refractivity contribution in [3.8, 4) is 0 Å². The fraction of sp³-hybridized carbons (Fsp3) is 0.500. The van der Waals surface area contributed by atoms with Crippen LogP contribution in [0.4, 0.5) is 5.69 Å². The van der Waals surface area contributed by atoms with E-state index in [9.17, 15) is 19.2 Å². The Balaban J connectivity index is 0.687. The molecule has 3 N–H and O–H groups in total. The van der Waals surface area contributed by atoms with Crippen LogP contribution in [0.3, 0.4) is 0 Å². The number of aryl methyl sites for hydroxylation is 2. The predicted octanol–water partition coefficient (Wildman–Crippen LogP) is 5.29. The lowest BCUT2D eigenvalue weighted by molar-refractivity contribution is -0.136. The number of anilines is 1. The monoisotopic (exact) mass is 861 g/mol. The van der Waals surface area contributed by atoms with Crippen molar-refractivity contribution in [3.05, 3.63) is 92.9 Å². The number of piperidine rings is 1. The Morgan fingerprint density at radius 1 is 0.889 bits per heavy atom. The summed E-state index contributed by atoms with van der Waals surface area (Å²) in [5.74, 6) is 0.632. The fourth-order valence-electron chi connectivity index (χ4n) is 9.43. The Morgan fingerprint density at radius 2 is 1.63 bits per heavy atom. The molecule has 0 bridgehead atoms. The van der Waals surface area contributed by atoms with Crippen LogP contribution in [0.5, 0.6) is 0 Å². The molecule has 1 saturated carbocycles. The second-order valence-electron chi connectivity index (χ2n) is 17.1. The molecular weight excluding hydrogens is 799 g/mol. The average molecular weight is 862 g/mol. The normalized spacial score (nSPS) is 20.0. The van der Waals surface area contributed by atoms with E-state index in [4.69, 9.17) is 18.9 Å². The van der Waals surface area contributed by atoms with Crippen molar-refractivity contribution in [2.24, 2.45) is 11.8 Å². The van der Waals surface area contributed by atoms with Gasteiger partial charge in [0.05, 0.1) is 33.0 Å². The van der Waals surface area contributed by atoms with Crippen LogP contribution in [-0.2, 0) is 57.4 Å². The number of ether oxygens (including phenoxy) is 4. The molecule has 1 aromatic carbocycles. The number of aromatic nitrogens is 2. The summed E-state index contributed by atoms with van der Waals surface area (Å²) in [6.07, 6.45) is 18.7. The van der Waals surface area contributed by atoms with E-state index >= 15 is 0 Å². The minimum absolute atomic E-state index is 0.0308. The number of fused-ring (bicyclic) bond motifs is 2. The van der Waals surface area contributed by atoms with Gasteiger partial charge in [-0.1, -0.05) is 44.4 Å². The molecule has 2 atom stereocenters. The molecule has 7 rings (SSSR count). The molecule has 63 heavy (non-hydrogen) atoms. The highest BCUT2D eigenvalue weighted by molar-refractivity contribution is 5.99. The van der Waals surface area contributed by atoms with E-state index < -0.39 is 6.04 Å². The van der Waals surface area contributed by atoms with Gasteiger partial charge in [-0.3, -0.25) is 29.5 Å². The third-order valence-electron chi connectivity index (χ3n) is 12.9. The van der Waals surface area contributed by atoms with Gasteiger partial charge in [0, 0.05) is 59.3 Å². The summed E-state index contributed by atoms with van der Waals surface area (Å²) in [6, 6.07) is 9.78. The summed E-state index contributed by atoms with van der Waals surface area (Å²) in [5.41, 5.74) is 7.74. The molecule has 4 amide bonds. The van der Waals surface area contributed by atoms with Crippen molar-refractivity contribution >= 4 is 54.3 Å². The molecule has 0 radical (unpaired) electrons. The Morgan fingerprint density at radius 3 is 2.40 bits per heavy atom. The third kappa shape index (κ3) is 11.8. The Kier molecular flexibility index (Phi) is 16.2. The van der Waals surface area contributed by atoms with Gasteiger partial charge in [0.25, 0.3) is 5.91 Å². The van der Waals surface area contributed by atoms with Gasteiger partial charge in [-0.25, -0.2) is 0 Å². The topological polar surface area (TPSA) is 159 Å². The van der Waals surface area contributed by atoms with Crippen molar-refractivity contribution < 1.29 is 38.1 Å². The average Bonchev–Trinajstić information content (AvgIpc) is 3.55. The molecule has 3 heterocycles. The highest BCUT2D eigenvalue weighted by Gasteiger charge is 2.33. The molecule has 13 nitrogen and oxygen atoms in total. The van der Waals surface area contributed by atoms with Gasteiger partial charge in [-0.2, -0.15) is 0 Å². The van der Waals surface area contributed by atoms with Crippen LogP contribution in [0.15, 0.2) is 48.7 Å². The maximum absolute atomic E-state index is 13.2. The van der Waals surface area contributed by atoms with Crippen molar-refractivity contribution in [2.75, 3.05) is 58.1 Å². The molecular formula is C50H63N5O8. The molecule has 3 aromatic rings. The molecule has 2 fully saturated rings. The Hall–Kier alpha value is -5.37.